The lowest BCUT2D eigenvalue weighted by Gasteiger charge is -2.19. The monoisotopic (exact) mass is 270 g/mol. The molecule has 4 nitrogen and oxygen atoms in total. The van der Waals surface area contributed by atoms with E-state index in [9.17, 15) is 13.2 Å². The molecular formula is C12H13F3N4. The highest BCUT2D eigenvalue weighted by molar-refractivity contribution is 5.40. The molecule has 0 unspecified atom stereocenters. The molecule has 0 radical (unpaired) electrons. The Balaban J connectivity index is 2.20. The van der Waals surface area contributed by atoms with Gasteiger partial charge in [0.1, 0.15) is 11.5 Å². The molecule has 2 heterocycles. The zero-order valence-corrected chi connectivity index (χ0v) is 10.5. The molecule has 2 aromatic heterocycles. The SMILES string of the molecule is Cc1[nH]ncc1CN(C)c1cccc(C(F)(F)F)n1. The zero-order chi connectivity index (χ0) is 14.0. The minimum atomic E-state index is -4.43. The predicted molar refractivity (Wildman–Crippen MR) is 64.7 cm³/mol. The molecule has 1 N–H and O–H groups in total. The van der Waals surface area contributed by atoms with Crippen LogP contribution in [-0.2, 0) is 12.7 Å². The van der Waals surface area contributed by atoms with Crippen LogP contribution in [0.1, 0.15) is 17.0 Å². The highest BCUT2D eigenvalue weighted by Crippen LogP contribution is 2.28. The number of anilines is 1. The standard InChI is InChI=1S/C12H13F3N4/c1-8-9(6-16-18-8)7-19(2)11-5-3-4-10(17-11)12(13,14)15/h3-6H,7H2,1-2H3,(H,16,18). The first-order valence-electron chi connectivity index (χ1n) is 5.62. The smallest absolute Gasteiger partial charge is 0.355 e. The minimum Gasteiger partial charge on any atom is -0.355 e. The van der Waals surface area contributed by atoms with E-state index in [1.807, 2.05) is 6.92 Å². The van der Waals surface area contributed by atoms with Crippen molar-refractivity contribution < 1.29 is 13.2 Å². The van der Waals surface area contributed by atoms with Gasteiger partial charge in [-0.05, 0) is 19.1 Å². The van der Waals surface area contributed by atoms with Gasteiger partial charge in [0.15, 0.2) is 0 Å². The molecule has 0 aliphatic carbocycles. The molecule has 0 aliphatic heterocycles. The van der Waals surface area contributed by atoms with Crippen LogP contribution in [0, 0.1) is 6.92 Å². The Kier molecular flexibility index (Phi) is 3.46. The highest BCUT2D eigenvalue weighted by atomic mass is 19.4. The third-order valence-electron chi connectivity index (χ3n) is 2.76. The fourth-order valence-corrected chi connectivity index (χ4v) is 1.67. The summed E-state index contributed by atoms with van der Waals surface area (Å²) >= 11 is 0. The number of alkyl halides is 3. The van der Waals surface area contributed by atoms with Crippen molar-refractivity contribution in [1.82, 2.24) is 15.2 Å². The lowest BCUT2D eigenvalue weighted by molar-refractivity contribution is -0.141. The van der Waals surface area contributed by atoms with Crippen LogP contribution >= 0.6 is 0 Å². The molecule has 0 aliphatic rings. The Morgan fingerprint density at radius 1 is 1.32 bits per heavy atom. The minimum absolute atomic E-state index is 0.274. The number of nitrogens with zero attached hydrogens (tertiary/aromatic N) is 3. The van der Waals surface area contributed by atoms with Crippen molar-refractivity contribution in [1.29, 1.82) is 0 Å². The lowest BCUT2D eigenvalue weighted by atomic mass is 10.2. The van der Waals surface area contributed by atoms with Gasteiger partial charge in [-0.15, -0.1) is 0 Å². The van der Waals surface area contributed by atoms with E-state index in [1.54, 1.807) is 24.2 Å². The van der Waals surface area contributed by atoms with E-state index in [2.05, 4.69) is 15.2 Å². The predicted octanol–water partition coefficient (Wildman–Crippen LogP) is 2.77. The summed E-state index contributed by atoms with van der Waals surface area (Å²) in [4.78, 5) is 5.27. The maximum absolute atomic E-state index is 12.6. The average molecular weight is 270 g/mol. The lowest BCUT2D eigenvalue weighted by Crippen LogP contribution is -2.19. The van der Waals surface area contributed by atoms with Gasteiger partial charge in [0.25, 0.3) is 0 Å². The van der Waals surface area contributed by atoms with Gasteiger partial charge in [0.2, 0.25) is 0 Å². The molecule has 2 rings (SSSR count). The summed E-state index contributed by atoms with van der Waals surface area (Å²) in [6.07, 6.45) is -2.78. The molecule has 102 valence electrons. The van der Waals surface area contributed by atoms with Crippen molar-refractivity contribution in [2.24, 2.45) is 0 Å². The van der Waals surface area contributed by atoms with E-state index in [4.69, 9.17) is 0 Å². The molecular weight excluding hydrogens is 257 g/mol. The number of aryl methyl sites for hydroxylation is 1. The molecule has 0 saturated heterocycles. The van der Waals surface area contributed by atoms with Crippen molar-refractivity contribution in [3.63, 3.8) is 0 Å². The summed E-state index contributed by atoms with van der Waals surface area (Å²) in [6.45, 7) is 2.30. The van der Waals surface area contributed by atoms with Gasteiger partial charge in [-0.2, -0.15) is 18.3 Å². The Bertz CT molecular complexity index is 562. The van der Waals surface area contributed by atoms with E-state index in [0.717, 1.165) is 17.3 Å². The third-order valence-corrected chi connectivity index (χ3v) is 2.76. The first kappa shape index (κ1) is 13.4. The van der Waals surface area contributed by atoms with E-state index < -0.39 is 11.9 Å². The molecule has 0 fully saturated rings. The van der Waals surface area contributed by atoms with Crippen molar-refractivity contribution in [2.45, 2.75) is 19.6 Å². The summed E-state index contributed by atoms with van der Waals surface area (Å²) in [6, 6.07) is 3.86. The van der Waals surface area contributed by atoms with E-state index in [1.165, 1.54) is 6.07 Å². The van der Waals surface area contributed by atoms with Gasteiger partial charge in [0, 0.05) is 24.8 Å². The molecule has 7 heteroatoms. The number of H-pyrrole nitrogens is 1. The number of aromatic nitrogens is 3. The summed E-state index contributed by atoms with van der Waals surface area (Å²) in [5, 5.41) is 6.66. The Morgan fingerprint density at radius 3 is 2.63 bits per heavy atom. The number of nitrogens with one attached hydrogen (secondary N) is 1. The Morgan fingerprint density at radius 2 is 2.05 bits per heavy atom. The van der Waals surface area contributed by atoms with Gasteiger partial charge in [-0.25, -0.2) is 4.98 Å². The molecule has 0 saturated carbocycles. The third kappa shape index (κ3) is 3.04. The number of halogens is 3. The molecule has 0 amide bonds. The summed E-state index contributed by atoms with van der Waals surface area (Å²) < 4.78 is 37.7. The molecule has 19 heavy (non-hydrogen) atoms. The van der Waals surface area contributed by atoms with Crippen molar-refractivity contribution in [3.05, 3.63) is 41.3 Å². The number of aromatic amines is 1. The Labute approximate surface area is 108 Å². The van der Waals surface area contributed by atoms with Crippen LogP contribution in [0.5, 0.6) is 0 Å². The second kappa shape index (κ2) is 4.91. The second-order valence-corrected chi connectivity index (χ2v) is 4.26. The average Bonchev–Trinajstić information content (AvgIpc) is 2.74. The maximum atomic E-state index is 12.6. The maximum Gasteiger partial charge on any atom is 0.433 e. The topological polar surface area (TPSA) is 44.8 Å². The number of hydrogen-bond donors (Lipinski definition) is 1. The van der Waals surface area contributed by atoms with Gasteiger partial charge in [-0.3, -0.25) is 5.10 Å². The first-order valence-corrected chi connectivity index (χ1v) is 5.62. The normalized spacial score (nSPS) is 11.6. The molecule has 0 atom stereocenters. The van der Waals surface area contributed by atoms with Crippen molar-refractivity contribution in [2.75, 3.05) is 11.9 Å². The van der Waals surface area contributed by atoms with E-state index in [-0.39, 0.29) is 5.82 Å². The van der Waals surface area contributed by atoms with E-state index >= 15 is 0 Å². The van der Waals surface area contributed by atoms with Crippen LogP contribution in [0.4, 0.5) is 19.0 Å². The van der Waals surface area contributed by atoms with Crippen LogP contribution < -0.4 is 4.90 Å². The first-order chi connectivity index (χ1) is 8.88. The quantitative estimate of drug-likeness (QED) is 0.932. The summed E-state index contributed by atoms with van der Waals surface area (Å²) in [5.41, 5.74) is 0.918. The molecule has 0 spiro atoms. The van der Waals surface area contributed by atoms with Crippen LogP contribution in [0.2, 0.25) is 0 Å². The number of hydrogen-bond acceptors (Lipinski definition) is 3. The second-order valence-electron chi connectivity index (χ2n) is 4.26. The highest BCUT2D eigenvalue weighted by Gasteiger charge is 2.32. The molecule has 2 aromatic rings. The fourth-order valence-electron chi connectivity index (χ4n) is 1.67. The van der Waals surface area contributed by atoms with Gasteiger partial charge >= 0.3 is 6.18 Å². The van der Waals surface area contributed by atoms with Crippen molar-refractivity contribution >= 4 is 5.82 Å². The summed E-state index contributed by atoms with van der Waals surface area (Å²) in [5.74, 6) is 0.274. The van der Waals surface area contributed by atoms with Crippen molar-refractivity contribution in [3.8, 4) is 0 Å². The Hall–Kier alpha value is -2.05. The largest absolute Gasteiger partial charge is 0.433 e. The fraction of sp³-hybridized carbons (Fsp3) is 0.333. The van der Waals surface area contributed by atoms with Crippen LogP contribution in [0.3, 0.4) is 0 Å². The zero-order valence-electron chi connectivity index (χ0n) is 10.5. The molecule has 0 bridgehead atoms. The van der Waals surface area contributed by atoms with Gasteiger partial charge in [0.05, 0.1) is 6.20 Å². The van der Waals surface area contributed by atoms with Crippen LogP contribution in [0.25, 0.3) is 0 Å². The van der Waals surface area contributed by atoms with Gasteiger partial charge < -0.3 is 4.90 Å². The van der Waals surface area contributed by atoms with Crippen LogP contribution in [0.15, 0.2) is 24.4 Å². The van der Waals surface area contributed by atoms with Crippen LogP contribution in [-0.4, -0.2) is 22.2 Å². The van der Waals surface area contributed by atoms with E-state index in [0.29, 0.717) is 6.54 Å². The number of rotatable bonds is 3. The number of pyridine rings is 1. The van der Waals surface area contributed by atoms with Gasteiger partial charge in [-0.1, -0.05) is 6.07 Å². The summed E-state index contributed by atoms with van der Waals surface area (Å²) in [7, 11) is 1.69. The molecule has 0 aromatic carbocycles.